The second kappa shape index (κ2) is 6.65. The molecule has 0 aromatic heterocycles. The van der Waals surface area contributed by atoms with Crippen LogP contribution in [0.5, 0.6) is 5.75 Å². The largest absolute Gasteiger partial charge is 0.469 e. The second-order valence-electron chi connectivity index (χ2n) is 3.71. The molecule has 0 saturated heterocycles. The molecular weight excluding hydrogens is 640 g/mol. The van der Waals surface area contributed by atoms with Crippen molar-refractivity contribution in [3.05, 3.63) is 48.3 Å². The van der Waals surface area contributed by atoms with E-state index in [9.17, 15) is 0 Å². The molecule has 0 saturated carbocycles. The topological polar surface area (TPSA) is 9.23 Å². The SMILES string of the molecule is BrC1=C(Br)C(Br)C(Br)(Oc2ccccc2)C(Br)=C1Br. The maximum absolute atomic E-state index is 6.11. The molecule has 19 heavy (non-hydrogen) atoms. The Balaban J connectivity index is 2.44. The standard InChI is InChI=1S/C12H6Br6O/c13-7-8(14)10(16)12(18,11(17)9(7)15)19-6-4-2-1-3-5-6/h1-5,10H. The minimum absolute atomic E-state index is 0.0924. The molecule has 1 aliphatic rings. The van der Waals surface area contributed by atoms with Gasteiger partial charge in [-0.3, -0.25) is 0 Å². The highest BCUT2D eigenvalue weighted by molar-refractivity contribution is 9.18. The summed E-state index contributed by atoms with van der Waals surface area (Å²) in [5.41, 5.74) is 0. The first kappa shape index (κ1) is 16.7. The average molecular weight is 646 g/mol. The summed E-state index contributed by atoms with van der Waals surface area (Å²) in [5.74, 6) is 0.777. The van der Waals surface area contributed by atoms with Crippen LogP contribution in [-0.4, -0.2) is 9.34 Å². The fourth-order valence-corrected chi connectivity index (χ4v) is 6.34. The number of benzene rings is 1. The Labute approximate surface area is 162 Å². The van der Waals surface area contributed by atoms with Crippen LogP contribution in [0.15, 0.2) is 48.3 Å². The van der Waals surface area contributed by atoms with Gasteiger partial charge in [0.15, 0.2) is 0 Å². The Kier molecular flexibility index (Phi) is 5.86. The molecule has 0 radical (unpaired) electrons. The zero-order valence-corrected chi connectivity index (χ0v) is 18.7. The van der Waals surface area contributed by atoms with Crippen molar-refractivity contribution in [2.75, 3.05) is 0 Å². The van der Waals surface area contributed by atoms with Crippen LogP contribution in [0.3, 0.4) is 0 Å². The van der Waals surface area contributed by atoms with E-state index in [-0.39, 0.29) is 4.83 Å². The highest BCUT2D eigenvalue weighted by Gasteiger charge is 2.47. The number of para-hydroxylation sites is 1. The molecule has 102 valence electrons. The molecule has 1 aromatic rings. The molecule has 1 aromatic carbocycles. The van der Waals surface area contributed by atoms with Crippen LogP contribution >= 0.6 is 95.6 Å². The van der Waals surface area contributed by atoms with E-state index in [0.29, 0.717) is 0 Å². The molecular formula is C12H6Br6O. The molecule has 0 N–H and O–H groups in total. The number of halogens is 6. The average Bonchev–Trinajstić information content (AvgIpc) is 2.43. The molecule has 2 rings (SSSR count). The van der Waals surface area contributed by atoms with Gasteiger partial charge < -0.3 is 4.74 Å². The predicted molar refractivity (Wildman–Crippen MR) is 101 cm³/mol. The molecule has 7 heteroatoms. The van der Waals surface area contributed by atoms with E-state index in [2.05, 4.69) is 95.6 Å². The Morgan fingerprint density at radius 3 is 2.11 bits per heavy atom. The maximum atomic E-state index is 6.11. The summed E-state index contributed by atoms with van der Waals surface area (Å²) in [5, 5.41) is 0. The number of ether oxygens (including phenoxy) is 1. The van der Waals surface area contributed by atoms with Crippen LogP contribution in [0.1, 0.15) is 0 Å². The van der Waals surface area contributed by atoms with Gasteiger partial charge in [-0.05, 0) is 75.9 Å². The quantitative estimate of drug-likeness (QED) is 0.317. The lowest BCUT2D eigenvalue weighted by atomic mass is 10.1. The number of hydrogen-bond donors (Lipinski definition) is 0. The van der Waals surface area contributed by atoms with Crippen molar-refractivity contribution in [2.24, 2.45) is 0 Å². The highest BCUT2D eigenvalue weighted by Crippen LogP contribution is 2.54. The molecule has 2 unspecified atom stereocenters. The molecule has 0 heterocycles. The second-order valence-corrected chi connectivity index (χ2v) is 9.04. The molecule has 1 nitrogen and oxygen atoms in total. The van der Waals surface area contributed by atoms with Crippen molar-refractivity contribution in [2.45, 2.75) is 9.34 Å². The maximum Gasteiger partial charge on any atom is 0.212 e. The molecule has 0 amide bonds. The van der Waals surface area contributed by atoms with Crippen molar-refractivity contribution < 1.29 is 4.74 Å². The van der Waals surface area contributed by atoms with Gasteiger partial charge in [-0.1, -0.05) is 50.1 Å². The Morgan fingerprint density at radius 1 is 0.947 bits per heavy atom. The molecule has 0 spiro atoms. The molecule has 0 fully saturated rings. The van der Waals surface area contributed by atoms with Crippen LogP contribution in [0.2, 0.25) is 0 Å². The lowest BCUT2D eigenvalue weighted by Gasteiger charge is -2.37. The van der Waals surface area contributed by atoms with Crippen molar-refractivity contribution in [1.29, 1.82) is 0 Å². The zero-order chi connectivity index (χ0) is 14.2. The van der Waals surface area contributed by atoms with Crippen LogP contribution < -0.4 is 4.74 Å². The summed E-state index contributed by atoms with van der Waals surface area (Å²) in [6, 6.07) is 9.65. The van der Waals surface area contributed by atoms with Gasteiger partial charge >= 0.3 is 0 Å². The van der Waals surface area contributed by atoms with Crippen molar-refractivity contribution >= 4 is 95.6 Å². The van der Waals surface area contributed by atoms with Crippen LogP contribution in [0, 0.1) is 0 Å². The lowest BCUT2D eigenvalue weighted by Crippen LogP contribution is -2.41. The minimum Gasteiger partial charge on any atom is -0.469 e. The first-order valence-corrected chi connectivity index (χ1v) is 9.94. The van der Waals surface area contributed by atoms with Gasteiger partial charge in [0.2, 0.25) is 4.51 Å². The fraction of sp³-hybridized carbons (Fsp3) is 0.167. The monoisotopic (exact) mass is 640 g/mol. The van der Waals surface area contributed by atoms with E-state index in [4.69, 9.17) is 4.74 Å². The third-order valence-electron chi connectivity index (χ3n) is 2.45. The molecule has 0 bridgehead atoms. The van der Waals surface area contributed by atoms with Crippen LogP contribution in [0.25, 0.3) is 0 Å². The summed E-state index contributed by atoms with van der Waals surface area (Å²) in [6.45, 7) is 0. The number of rotatable bonds is 2. The lowest BCUT2D eigenvalue weighted by molar-refractivity contribution is 0.227. The van der Waals surface area contributed by atoms with E-state index in [1.54, 1.807) is 0 Å². The number of hydrogen-bond acceptors (Lipinski definition) is 1. The molecule has 0 aliphatic heterocycles. The van der Waals surface area contributed by atoms with Gasteiger partial charge in [0, 0.05) is 13.4 Å². The highest BCUT2D eigenvalue weighted by atomic mass is 79.9. The smallest absolute Gasteiger partial charge is 0.212 e. The zero-order valence-electron chi connectivity index (χ0n) is 9.14. The van der Waals surface area contributed by atoms with Gasteiger partial charge in [0.25, 0.3) is 0 Å². The van der Waals surface area contributed by atoms with E-state index < -0.39 is 4.51 Å². The molecule has 1 aliphatic carbocycles. The van der Waals surface area contributed by atoms with Gasteiger partial charge in [-0.25, -0.2) is 0 Å². The van der Waals surface area contributed by atoms with E-state index >= 15 is 0 Å². The normalized spacial score (nSPS) is 27.8. The van der Waals surface area contributed by atoms with E-state index in [1.165, 1.54) is 0 Å². The Hall–Kier alpha value is 1.38. The van der Waals surface area contributed by atoms with Crippen molar-refractivity contribution in [1.82, 2.24) is 0 Å². The molecule has 2 atom stereocenters. The first-order valence-electron chi connectivity index (χ1n) is 5.06. The van der Waals surface area contributed by atoms with Gasteiger partial charge in [0.1, 0.15) is 10.6 Å². The summed E-state index contributed by atoms with van der Waals surface area (Å²) in [4.78, 5) is -0.0924. The Bertz CT molecular complexity index is 553. The fourth-order valence-electron chi connectivity index (χ4n) is 1.49. The predicted octanol–water partition coefficient (Wildman–Crippen LogP) is 6.94. The summed E-state index contributed by atoms with van der Waals surface area (Å²) in [7, 11) is 0. The first-order chi connectivity index (χ1) is 8.88. The van der Waals surface area contributed by atoms with Gasteiger partial charge in [-0.15, -0.1) is 0 Å². The third-order valence-corrected chi connectivity index (χ3v) is 11.4. The van der Waals surface area contributed by atoms with Crippen molar-refractivity contribution in [3.63, 3.8) is 0 Å². The number of alkyl halides is 2. The Morgan fingerprint density at radius 2 is 1.53 bits per heavy atom. The number of allylic oxidation sites excluding steroid dienone is 2. The van der Waals surface area contributed by atoms with Crippen LogP contribution in [-0.2, 0) is 0 Å². The van der Waals surface area contributed by atoms with E-state index in [1.807, 2.05) is 30.3 Å². The summed E-state index contributed by atoms with van der Waals surface area (Å²) in [6.07, 6.45) is 0. The summed E-state index contributed by atoms with van der Waals surface area (Å²) < 4.78 is 9.02. The van der Waals surface area contributed by atoms with Crippen molar-refractivity contribution in [3.8, 4) is 5.75 Å². The third kappa shape index (κ3) is 3.26. The van der Waals surface area contributed by atoms with Crippen LogP contribution in [0.4, 0.5) is 0 Å². The van der Waals surface area contributed by atoms with Gasteiger partial charge in [0.05, 0.1) is 4.48 Å². The summed E-state index contributed by atoms with van der Waals surface area (Å²) >= 11 is 21.6. The minimum atomic E-state index is -0.733. The van der Waals surface area contributed by atoms with E-state index in [0.717, 1.165) is 23.7 Å². The van der Waals surface area contributed by atoms with Gasteiger partial charge in [-0.2, -0.15) is 0 Å².